The Bertz CT molecular complexity index is 1360. The molecule has 36 heavy (non-hydrogen) atoms. The normalized spacial score (nSPS) is 20.1. The predicted molar refractivity (Wildman–Crippen MR) is 139 cm³/mol. The number of anilines is 2. The molecule has 0 radical (unpaired) electrons. The van der Waals surface area contributed by atoms with Crippen LogP contribution in [-0.2, 0) is 11.8 Å². The van der Waals surface area contributed by atoms with Crippen LogP contribution in [0.4, 0.5) is 15.8 Å². The van der Waals surface area contributed by atoms with Crippen molar-refractivity contribution in [3.63, 3.8) is 0 Å². The fraction of sp³-hybridized carbons (Fsp3) is 0.444. The zero-order valence-electron chi connectivity index (χ0n) is 20.5. The molecule has 0 atom stereocenters. The number of rotatable bonds is 6. The van der Waals surface area contributed by atoms with E-state index >= 15 is 0 Å². The highest BCUT2D eigenvalue weighted by molar-refractivity contribution is 6.29. The molecule has 0 amide bonds. The molecule has 0 unspecified atom stereocenters. The third-order valence-corrected chi connectivity index (χ3v) is 7.83. The Morgan fingerprint density at radius 2 is 1.81 bits per heavy atom. The van der Waals surface area contributed by atoms with Crippen LogP contribution < -0.4 is 15.4 Å². The average molecular weight is 510 g/mol. The van der Waals surface area contributed by atoms with Crippen molar-refractivity contribution < 1.29 is 9.13 Å². The monoisotopic (exact) mass is 509 g/mol. The van der Waals surface area contributed by atoms with Gasteiger partial charge in [-0.3, -0.25) is 4.79 Å². The van der Waals surface area contributed by atoms with E-state index in [0.717, 1.165) is 51.1 Å². The van der Waals surface area contributed by atoms with Crippen molar-refractivity contribution >= 4 is 34.0 Å². The summed E-state index contributed by atoms with van der Waals surface area (Å²) in [5, 5.41) is 10.2. The lowest BCUT2D eigenvalue weighted by atomic mass is 9.88. The van der Waals surface area contributed by atoms with Gasteiger partial charge in [-0.2, -0.15) is 5.26 Å². The summed E-state index contributed by atoms with van der Waals surface area (Å²) in [6, 6.07) is 12.7. The minimum absolute atomic E-state index is 0.0855. The summed E-state index contributed by atoms with van der Waals surface area (Å²) in [4.78, 5) is 21.9. The predicted octanol–water partition coefficient (Wildman–Crippen LogP) is 4.50. The van der Waals surface area contributed by atoms with Gasteiger partial charge in [0.05, 0.1) is 24.4 Å². The molecule has 5 rings (SSSR count). The second-order valence-electron chi connectivity index (χ2n) is 9.81. The number of benzene rings is 1. The number of ether oxygens (including phenoxy) is 1. The van der Waals surface area contributed by atoms with Crippen LogP contribution in [-0.4, -0.2) is 48.4 Å². The Kier molecular flexibility index (Phi) is 6.87. The fourth-order valence-electron chi connectivity index (χ4n) is 5.52. The Hall–Kier alpha value is -3.15. The quantitative estimate of drug-likeness (QED) is 0.455. The molecule has 2 aliphatic rings. The van der Waals surface area contributed by atoms with Crippen molar-refractivity contribution in [2.75, 3.05) is 36.6 Å². The number of hydrogen-bond donors (Lipinski definition) is 0. The van der Waals surface area contributed by atoms with E-state index in [2.05, 4.69) is 16.0 Å². The van der Waals surface area contributed by atoms with Crippen molar-refractivity contribution in [1.82, 2.24) is 9.55 Å². The molecule has 1 aliphatic carbocycles. The van der Waals surface area contributed by atoms with E-state index < -0.39 is 0 Å². The minimum atomic E-state index is -0.338. The number of nitriles is 1. The molecule has 2 aromatic heterocycles. The van der Waals surface area contributed by atoms with Crippen molar-refractivity contribution in [3.05, 3.63) is 63.3 Å². The van der Waals surface area contributed by atoms with Gasteiger partial charge in [0.1, 0.15) is 28.1 Å². The molecule has 1 aromatic carbocycles. The summed E-state index contributed by atoms with van der Waals surface area (Å²) in [6.07, 6.45) is 3.67. The molecule has 1 saturated carbocycles. The molecule has 3 aromatic rings. The average Bonchev–Trinajstić information content (AvgIpc) is 2.86. The molecule has 9 heteroatoms. The number of aryl methyl sites for hydroxylation is 1. The first-order chi connectivity index (χ1) is 17.4. The van der Waals surface area contributed by atoms with Crippen LogP contribution in [0.25, 0.3) is 11.0 Å². The van der Waals surface area contributed by atoms with E-state index in [9.17, 15) is 14.4 Å². The molecule has 0 spiro atoms. The number of fused-ring (bicyclic) bond motifs is 1. The van der Waals surface area contributed by atoms with Gasteiger partial charge < -0.3 is 19.1 Å². The van der Waals surface area contributed by atoms with Gasteiger partial charge in [0.15, 0.2) is 0 Å². The Labute approximate surface area is 214 Å². The summed E-state index contributed by atoms with van der Waals surface area (Å²) in [5.74, 6) is 0.246. The van der Waals surface area contributed by atoms with Crippen molar-refractivity contribution in [2.24, 2.45) is 13.0 Å². The zero-order chi connectivity index (χ0) is 25.4. The standard InChI is InChI=1S/C27H29ClFN5O2/c1-32(26-22(13-30)27(35)33(2)23-11-12-24(28)31-25(23)26)19-7-9-21(10-8-19)34(14-17-15-36-16-17)20-5-3-18(29)4-6-20/h3-6,11-12,17,19,21H,7-10,14-16H2,1-2H3. The van der Waals surface area contributed by atoms with E-state index in [1.54, 1.807) is 19.2 Å². The van der Waals surface area contributed by atoms with Crippen LogP contribution in [0, 0.1) is 23.1 Å². The number of halogens is 2. The van der Waals surface area contributed by atoms with Crippen molar-refractivity contribution in [3.8, 4) is 6.07 Å². The lowest BCUT2D eigenvalue weighted by Gasteiger charge is -2.43. The van der Waals surface area contributed by atoms with E-state index in [-0.39, 0.29) is 23.0 Å². The van der Waals surface area contributed by atoms with Gasteiger partial charge in [-0.1, -0.05) is 11.6 Å². The SMILES string of the molecule is CN(c1c(C#N)c(=O)n(C)c2ccc(Cl)nc12)C1CCC(N(CC2COC2)c2ccc(F)cc2)CC1. The van der Waals surface area contributed by atoms with Crippen molar-refractivity contribution in [2.45, 2.75) is 37.8 Å². The van der Waals surface area contributed by atoms with Gasteiger partial charge in [-0.25, -0.2) is 9.37 Å². The van der Waals surface area contributed by atoms with E-state index in [0.29, 0.717) is 33.8 Å². The van der Waals surface area contributed by atoms with Gasteiger partial charge >= 0.3 is 0 Å². The van der Waals surface area contributed by atoms with Crippen LogP contribution in [0.2, 0.25) is 5.15 Å². The Morgan fingerprint density at radius 3 is 2.42 bits per heavy atom. The van der Waals surface area contributed by atoms with Gasteiger partial charge in [-0.15, -0.1) is 0 Å². The highest BCUT2D eigenvalue weighted by Crippen LogP contribution is 2.35. The van der Waals surface area contributed by atoms with Gasteiger partial charge in [0.25, 0.3) is 5.56 Å². The topological polar surface area (TPSA) is 74.4 Å². The zero-order valence-corrected chi connectivity index (χ0v) is 21.2. The lowest BCUT2D eigenvalue weighted by Crippen LogP contribution is -2.48. The maximum Gasteiger partial charge on any atom is 0.270 e. The van der Waals surface area contributed by atoms with Crippen LogP contribution in [0.3, 0.4) is 0 Å². The molecule has 0 N–H and O–H groups in total. The van der Waals surface area contributed by atoms with Gasteiger partial charge in [-0.05, 0) is 62.1 Å². The number of nitrogens with zero attached hydrogens (tertiary/aromatic N) is 5. The maximum atomic E-state index is 13.6. The minimum Gasteiger partial charge on any atom is -0.381 e. The van der Waals surface area contributed by atoms with E-state index in [4.69, 9.17) is 16.3 Å². The third kappa shape index (κ3) is 4.54. The van der Waals surface area contributed by atoms with Crippen LogP contribution in [0.1, 0.15) is 31.2 Å². The molecule has 188 valence electrons. The second-order valence-corrected chi connectivity index (χ2v) is 10.2. The number of aromatic nitrogens is 2. The van der Waals surface area contributed by atoms with Crippen LogP contribution >= 0.6 is 11.6 Å². The Balaban J connectivity index is 1.40. The first-order valence-corrected chi connectivity index (χ1v) is 12.7. The third-order valence-electron chi connectivity index (χ3n) is 7.62. The fourth-order valence-corrected chi connectivity index (χ4v) is 5.67. The van der Waals surface area contributed by atoms with Crippen LogP contribution in [0.5, 0.6) is 0 Å². The summed E-state index contributed by atoms with van der Waals surface area (Å²) in [5.41, 5.74) is 2.52. The Morgan fingerprint density at radius 1 is 1.14 bits per heavy atom. The van der Waals surface area contributed by atoms with E-state index in [1.807, 2.05) is 24.1 Å². The number of pyridine rings is 2. The summed E-state index contributed by atoms with van der Waals surface area (Å²) >= 11 is 6.21. The van der Waals surface area contributed by atoms with Crippen LogP contribution in [0.15, 0.2) is 41.2 Å². The first-order valence-electron chi connectivity index (χ1n) is 12.3. The molecular weight excluding hydrogens is 481 g/mol. The molecule has 3 heterocycles. The lowest BCUT2D eigenvalue weighted by molar-refractivity contribution is -0.0286. The molecule has 0 bridgehead atoms. The molecule has 1 saturated heterocycles. The summed E-state index contributed by atoms with van der Waals surface area (Å²) < 4.78 is 20.4. The van der Waals surface area contributed by atoms with Gasteiger partial charge in [0, 0.05) is 44.3 Å². The van der Waals surface area contributed by atoms with E-state index in [1.165, 1.54) is 16.7 Å². The molecular formula is C27H29ClFN5O2. The second kappa shape index (κ2) is 10.1. The smallest absolute Gasteiger partial charge is 0.270 e. The first kappa shape index (κ1) is 24.5. The van der Waals surface area contributed by atoms with Crippen molar-refractivity contribution in [1.29, 1.82) is 5.26 Å². The summed E-state index contributed by atoms with van der Waals surface area (Å²) in [6.45, 7) is 2.41. The molecule has 2 fully saturated rings. The number of hydrogen-bond acceptors (Lipinski definition) is 6. The maximum absolute atomic E-state index is 13.6. The van der Waals surface area contributed by atoms with Gasteiger partial charge in [0.2, 0.25) is 0 Å². The molecule has 7 nitrogen and oxygen atoms in total. The highest BCUT2D eigenvalue weighted by Gasteiger charge is 2.33. The largest absolute Gasteiger partial charge is 0.381 e. The molecule has 1 aliphatic heterocycles. The highest BCUT2D eigenvalue weighted by atomic mass is 35.5. The summed E-state index contributed by atoms with van der Waals surface area (Å²) in [7, 11) is 3.58.